The summed E-state index contributed by atoms with van der Waals surface area (Å²) in [4.78, 5) is 17.5. The van der Waals surface area contributed by atoms with Gasteiger partial charge in [0, 0.05) is 0 Å². The second kappa shape index (κ2) is 7.84. The predicted octanol–water partition coefficient (Wildman–Crippen LogP) is 1.89. The minimum absolute atomic E-state index is 0. The molecule has 0 amide bonds. The number of benzene rings is 1. The molecule has 1 rings (SSSR count). The van der Waals surface area contributed by atoms with Gasteiger partial charge in [0.15, 0.2) is 0 Å². The van der Waals surface area contributed by atoms with Crippen LogP contribution in [0.3, 0.4) is 0 Å². The summed E-state index contributed by atoms with van der Waals surface area (Å²) in [7, 11) is -4.15. The van der Waals surface area contributed by atoms with Gasteiger partial charge in [0.2, 0.25) is 0 Å². The lowest BCUT2D eigenvalue weighted by Crippen LogP contribution is -2.20. The molecule has 0 aromatic heterocycles. The molecule has 0 aliphatic heterocycles. The van der Waals surface area contributed by atoms with Crippen molar-refractivity contribution in [3.8, 4) is 5.75 Å². The first-order valence-corrected chi connectivity index (χ1v) is 6.67. The van der Waals surface area contributed by atoms with E-state index in [1.54, 1.807) is 0 Å². The highest BCUT2D eigenvalue weighted by Gasteiger charge is 2.23. The smallest absolute Gasteiger partial charge is 0.342 e. The van der Waals surface area contributed by atoms with Crippen LogP contribution in [-0.4, -0.2) is 22.2 Å². The van der Waals surface area contributed by atoms with Crippen molar-refractivity contribution in [2.24, 2.45) is 5.73 Å². The van der Waals surface area contributed by atoms with Gasteiger partial charge in [0.25, 0.3) is 0 Å². The van der Waals surface area contributed by atoms with Crippen LogP contribution in [0.15, 0.2) is 30.3 Å². The highest BCUT2D eigenvalue weighted by molar-refractivity contribution is 8.93. The summed E-state index contributed by atoms with van der Waals surface area (Å²) >= 11 is 0. The minimum Gasteiger partial charge on any atom is -0.494 e. The molecule has 0 aliphatic rings. The lowest BCUT2D eigenvalue weighted by molar-refractivity contribution is 0.299. The van der Waals surface area contributed by atoms with Gasteiger partial charge in [-0.05, 0) is 25.0 Å². The summed E-state index contributed by atoms with van der Waals surface area (Å²) in [6, 6.07) is 9.25. The molecule has 17 heavy (non-hydrogen) atoms. The van der Waals surface area contributed by atoms with Gasteiger partial charge in [0.05, 0.1) is 6.61 Å². The second-order valence-electron chi connectivity index (χ2n) is 3.46. The van der Waals surface area contributed by atoms with Gasteiger partial charge < -0.3 is 20.3 Å². The van der Waals surface area contributed by atoms with E-state index in [0.717, 1.165) is 5.75 Å². The fourth-order valence-corrected chi connectivity index (χ4v) is 1.69. The van der Waals surface area contributed by atoms with E-state index in [4.69, 9.17) is 20.3 Å². The molecule has 0 saturated carbocycles. The van der Waals surface area contributed by atoms with Gasteiger partial charge in [-0.25, -0.2) is 0 Å². The average molecular weight is 326 g/mol. The molecular formula is C10H17BrNO4P. The summed E-state index contributed by atoms with van der Waals surface area (Å²) in [5.41, 5.74) is 5.31. The van der Waals surface area contributed by atoms with E-state index in [9.17, 15) is 4.57 Å². The Balaban J connectivity index is 0.00000256. The Labute approximate surface area is 111 Å². The lowest BCUT2D eigenvalue weighted by atomic mass is 10.3. The Morgan fingerprint density at radius 1 is 1.29 bits per heavy atom. The third-order valence-corrected chi connectivity index (χ3v) is 3.21. The standard InChI is InChI=1S/C10H16NO4P.BrH/c11-10(16(12,13)14)7-4-8-15-9-5-2-1-3-6-9;/h1-3,5-6,10H,4,7-8,11H2,(H2,12,13,14);1H/t10-;/m0./s1. The lowest BCUT2D eigenvalue weighted by Gasteiger charge is -2.13. The Morgan fingerprint density at radius 3 is 2.41 bits per heavy atom. The zero-order chi connectivity index (χ0) is 12.0. The van der Waals surface area contributed by atoms with Crippen molar-refractivity contribution in [3.05, 3.63) is 30.3 Å². The van der Waals surface area contributed by atoms with E-state index in [2.05, 4.69) is 0 Å². The molecule has 0 heterocycles. The summed E-state index contributed by atoms with van der Waals surface area (Å²) in [6.07, 6.45) is 0.762. The average Bonchev–Trinajstić information content (AvgIpc) is 2.24. The van der Waals surface area contributed by atoms with Gasteiger partial charge in [0.1, 0.15) is 11.5 Å². The molecular weight excluding hydrogens is 309 g/mol. The van der Waals surface area contributed by atoms with Crippen LogP contribution in [-0.2, 0) is 4.57 Å². The molecule has 0 saturated heterocycles. The summed E-state index contributed by atoms with van der Waals surface area (Å²) < 4.78 is 16.1. The van der Waals surface area contributed by atoms with Crippen molar-refractivity contribution in [3.63, 3.8) is 0 Å². The zero-order valence-electron chi connectivity index (χ0n) is 9.23. The molecule has 5 nitrogen and oxygen atoms in total. The van der Waals surface area contributed by atoms with E-state index in [-0.39, 0.29) is 23.4 Å². The van der Waals surface area contributed by atoms with Crippen molar-refractivity contribution in [1.29, 1.82) is 0 Å². The van der Waals surface area contributed by atoms with E-state index in [1.807, 2.05) is 30.3 Å². The number of rotatable bonds is 6. The van der Waals surface area contributed by atoms with Gasteiger partial charge in [-0.2, -0.15) is 0 Å². The molecule has 7 heteroatoms. The maximum Gasteiger partial charge on any atom is 0.342 e. The highest BCUT2D eigenvalue weighted by atomic mass is 79.9. The number of hydrogen-bond acceptors (Lipinski definition) is 3. The van der Waals surface area contributed by atoms with E-state index >= 15 is 0 Å². The topological polar surface area (TPSA) is 92.8 Å². The monoisotopic (exact) mass is 325 g/mol. The van der Waals surface area contributed by atoms with Crippen LogP contribution >= 0.6 is 24.6 Å². The molecule has 1 aromatic rings. The minimum atomic E-state index is -4.15. The van der Waals surface area contributed by atoms with Crippen molar-refractivity contribution in [1.82, 2.24) is 0 Å². The molecule has 0 unspecified atom stereocenters. The maximum absolute atomic E-state index is 10.7. The Morgan fingerprint density at radius 2 is 1.88 bits per heavy atom. The van der Waals surface area contributed by atoms with Crippen LogP contribution in [0, 0.1) is 0 Å². The number of halogens is 1. The van der Waals surface area contributed by atoms with Gasteiger partial charge in [-0.15, -0.1) is 17.0 Å². The fourth-order valence-electron chi connectivity index (χ4n) is 1.17. The van der Waals surface area contributed by atoms with Crippen LogP contribution in [0.4, 0.5) is 0 Å². The zero-order valence-corrected chi connectivity index (χ0v) is 11.8. The first-order chi connectivity index (χ1) is 7.50. The van der Waals surface area contributed by atoms with Crippen molar-refractivity contribution in [2.45, 2.75) is 18.6 Å². The first kappa shape index (κ1) is 16.6. The third kappa shape index (κ3) is 6.81. The van der Waals surface area contributed by atoms with Crippen LogP contribution in [0.1, 0.15) is 12.8 Å². The number of hydrogen-bond donors (Lipinski definition) is 3. The van der Waals surface area contributed by atoms with Gasteiger partial charge in [-0.1, -0.05) is 18.2 Å². The molecule has 0 fully saturated rings. The van der Waals surface area contributed by atoms with E-state index in [0.29, 0.717) is 13.0 Å². The molecule has 0 radical (unpaired) electrons. The largest absolute Gasteiger partial charge is 0.494 e. The fraction of sp³-hybridized carbons (Fsp3) is 0.400. The van der Waals surface area contributed by atoms with Crippen molar-refractivity contribution < 1.29 is 19.1 Å². The van der Waals surface area contributed by atoms with Crippen LogP contribution in [0.5, 0.6) is 5.75 Å². The second-order valence-corrected chi connectivity index (χ2v) is 5.30. The summed E-state index contributed by atoms with van der Waals surface area (Å²) in [6.45, 7) is 0.401. The van der Waals surface area contributed by atoms with Crippen LogP contribution in [0.25, 0.3) is 0 Å². The SMILES string of the molecule is Br.N[C@H](CCCOc1ccccc1)P(=O)(O)O. The first-order valence-electron chi connectivity index (χ1n) is 4.99. The molecule has 0 spiro atoms. The quantitative estimate of drug-likeness (QED) is 0.548. The van der Waals surface area contributed by atoms with Gasteiger partial charge >= 0.3 is 7.60 Å². The molecule has 0 bridgehead atoms. The Kier molecular flexibility index (Phi) is 7.66. The predicted molar refractivity (Wildman–Crippen MR) is 71.5 cm³/mol. The molecule has 98 valence electrons. The van der Waals surface area contributed by atoms with Crippen molar-refractivity contribution in [2.75, 3.05) is 6.61 Å². The number of para-hydroxylation sites is 1. The van der Waals surface area contributed by atoms with Crippen LogP contribution in [0.2, 0.25) is 0 Å². The summed E-state index contributed by atoms with van der Waals surface area (Å²) in [5, 5.41) is 0. The molecule has 1 aromatic carbocycles. The normalized spacial score (nSPS) is 12.6. The summed E-state index contributed by atoms with van der Waals surface area (Å²) in [5.74, 6) is -0.348. The van der Waals surface area contributed by atoms with Crippen LogP contribution < -0.4 is 10.5 Å². The maximum atomic E-state index is 10.7. The molecule has 4 N–H and O–H groups in total. The van der Waals surface area contributed by atoms with E-state index < -0.39 is 13.4 Å². The Hall–Kier alpha value is -0.390. The van der Waals surface area contributed by atoms with Crippen molar-refractivity contribution >= 4 is 24.6 Å². The molecule has 0 aliphatic carbocycles. The Bertz CT molecular complexity index is 357. The number of ether oxygens (including phenoxy) is 1. The van der Waals surface area contributed by atoms with Gasteiger partial charge in [-0.3, -0.25) is 4.57 Å². The highest BCUT2D eigenvalue weighted by Crippen LogP contribution is 2.40. The molecule has 1 atom stereocenters. The van der Waals surface area contributed by atoms with E-state index in [1.165, 1.54) is 0 Å². The number of nitrogens with two attached hydrogens (primary N) is 1. The third-order valence-electron chi connectivity index (χ3n) is 2.09.